The van der Waals surface area contributed by atoms with E-state index in [-0.39, 0.29) is 0 Å². The fourth-order valence-electron chi connectivity index (χ4n) is 2.97. The number of benzene rings is 1. The van der Waals surface area contributed by atoms with Gasteiger partial charge in [-0.2, -0.15) is 0 Å². The van der Waals surface area contributed by atoms with Gasteiger partial charge in [0.15, 0.2) is 5.96 Å². The van der Waals surface area contributed by atoms with Crippen molar-refractivity contribution < 1.29 is 0 Å². The Labute approximate surface area is 135 Å². The second kappa shape index (κ2) is 9.46. The first-order chi connectivity index (χ1) is 10.8. The van der Waals surface area contributed by atoms with Crippen LogP contribution in [0.3, 0.4) is 0 Å². The lowest BCUT2D eigenvalue weighted by molar-refractivity contribution is 0.330. The SMILES string of the molecule is CN=C(NCCN(C)Cc1ccccc1)NC1CCCCC1. The number of hydrogen-bond acceptors (Lipinski definition) is 2. The van der Waals surface area contributed by atoms with Crippen molar-refractivity contribution in [2.75, 3.05) is 27.2 Å². The van der Waals surface area contributed by atoms with E-state index in [0.717, 1.165) is 25.6 Å². The normalized spacial score (nSPS) is 16.8. The topological polar surface area (TPSA) is 39.7 Å². The maximum Gasteiger partial charge on any atom is 0.191 e. The van der Waals surface area contributed by atoms with E-state index >= 15 is 0 Å². The van der Waals surface area contributed by atoms with Gasteiger partial charge >= 0.3 is 0 Å². The van der Waals surface area contributed by atoms with Crippen molar-refractivity contribution in [3.8, 4) is 0 Å². The van der Waals surface area contributed by atoms with E-state index in [1.165, 1.54) is 37.7 Å². The van der Waals surface area contributed by atoms with Gasteiger partial charge in [-0.25, -0.2) is 0 Å². The van der Waals surface area contributed by atoms with Crippen molar-refractivity contribution in [1.82, 2.24) is 15.5 Å². The van der Waals surface area contributed by atoms with Crippen LogP contribution in [0.5, 0.6) is 0 Å². The van der Waals surface area contributed by atoms with Crippen LogP contribution in [0, 0.1) is 0 Å². The lowest BCUT2D eigenvalue weighted by Crippen LogP contribution is -2.45. The summed E-state index contributed by atoms with van der Waals surface area (Å²) in [4.78, 5) is 6.67. The average molecular weight is 302 g/mol. The van der Waals surface area contributed by atoms with E-state index in [4.69, 9.17) is 0 Å². The highest BCUT2D eigenvalue weighted by molar-refractivity contribution is 5.79. The monoisotopic (exact) mass is 302 g/mol. The minimum atomic E-state index is 0.599. The van der Waals surface area contributed by atoms with Crippen LogP contribution >= 0.6 is 0 Å². The van der Waals surface area contributed by atoms with Crippen molar-refractivity contribution in [2.24, 2.45) is 4.99 Å². The molecule has 0 aromatic heterocycles. The van der Waals surface area contributed by atoms with Gasteiger partial charge in [0.25, 0.3) is 0 Å². The standard InChI is InChI=1S/C18H30N4/c1-19-18(21-17-11-7-4-8-12-17)20-13-14-22(2)15-16-9-5-3-6-10-16/h3,5-6,9-10,17H,4,7-8,11-15H2,1-2H3,(H2,19,20,21). The molecule has 0 unspecified atom stereocenters. The van der Waals surface area contributed by atoms with Gasteiger partial charge < -0.3 is 15.5 Å². The Hall–Kier alpha value is -1.55. The Bertz CT molecular complexity index is 438. The first-order valence-electron chi connectivity index (χ1n) is 8.47. The maximum atomic E-state index is 4.34. The second-order valence-corrected chi connectivity index (χ2v) is 6.20. The summed E-state index contributed by atoms with van der Waals surface area (Å²) in [7, 11) is 4.01. The molecule has 2 rings (SSSR count). The molecule has 0 bridgehead atoms. The first-order valence-corrected chi connectivity index (χ1v) is 8.47. The summed E-state index contributed by atoms with van der Waals surface area (Å²) >= 11 is 0. The third-order valence-corrected chi connectivity index (χ3v) is 4.25. The predicted molar refractivity (Wildman–Crippen MR) is 94.1 cm³/mol. The number of guanidine groups is 1. The summed E-state index contributed by atoms with van der Waals surface area (Å²) in [5, 5.41) is 6.98. The van der Waals surface area contributed by atoms with Gasteiger partial charge in [-0.1, -0.05) is 49.6 Å². The molecule has 0 saturated heterocycles. The molecule has 0 atom stereocenters. The number of hydrogen-bond donors (Lipinski definition) is 2. The molecule has 1 aliphatic carbocycles. The minimum Gasteiger partial charge on any atom is -0.355 e. The second-order valence-electron chi connectivity index (χ2n) is 6.20. The smallest absolute Gasteiger partial charge is 0.191 e. The van der Waals surface area contributed by atoms with Crippen LogP contribution in [0.25, 0.3) is 0 Å². The number of nitrogens with zero attached hydrogens (tertiary/aromatic N) is 2. The van der Waals surface area contributed by atoms with Crippen LogP contribution in [0.15, 0.2) is 35.3 Å². The summed E-state index contributed by atoms with van der Waals surface area (Å²) in [5.41, 5.74) is 1.36. The summed E-state index contributed by atoms with van der Waals surface area (Å²) in [6.45, 7) is 2.90. The van der Waals surface area contributed by atoms with Crippen molar-refractivity contribution in [2.45, 2.75) is 44.7 Å². The highest BCUT2D eigenvalue weighted by Gasteiger charge is 2.14. The van der Waals surface area contributed by atoms with Crippen molar-refractivity contribution in [1.29, 1.82) is 0 Å². The largest absolute Gasteiger partial charge is 0.355 e. The predicted octanol–water partition coefficient (Wildman–Crippen LogP) is 2.62. The van der Waals surface area contributed by atoms with Gasteiger partial charge in [0.2, 0.25) is 0 Å². The third-order valence-electron chi connectivity index (χ3n) is 4.25. The van der Waals surface area contributed by atoms with E-state index in [2.05, 4.69) is 57.9 Å². The lowest BCUT2D eigenvalue weighted by atomic mass is 9.96. The lowest BCUT2D eigenvalue weighted by Gasteiger charge is -2.25. The van der Waals surface area contributed by atoms with Crippen LogP contribution in [0.1, 0.15) is 37.7 Å². The van der Waals surface area contributed by atoms with Gasteiger partial charge in [0.1, 0.15) is 0 Å². The van der Waals surface area contributed by atoms with E-state index < -0.39 is 0 Å². The molecule has 0 amide bonds. The molecule has 22 heavy (non-hydrogen) atoms. The molecular weight excluding hydrogens is 272 g/mol. The van der Waals surface area contributed by atoms with Crippen LogP contribution in [-0.4, -0.2) is 44.1 Å². The van der Waals surface area contributed by atoms with E-state index in [9.17, 15) is 0 Å². The van der Waals surface area contributed by atoms with Gasteiger partial charge in [-0.15, -0.1) is 0 Å². The summed E-state index contributed by atoms with van der Waals surface area (Å²) < 4.78 is 0. The van der Waals surface area contributed by atoms with Crippen LogP contribution in [-0.2, 0) is 6.54 Å². The van der Waals surface area contributed by atoms with Gasteiger partial charge in [-0.05, 0) is 25.5 Å². The van der Waals surface area contributed by atoms with E-state index in [0.29, 0.717) is 6.04 Å². The third kappa shape index (κ3) is 6.06. The van der Waals surface area contributed by atoms with Crippen molar-refractivity contribution in [3.05, 3.63) is 35.9 Å². The van der Waals surface area contributed by atoms with Gasteiger partial charge in [0, 0.05) is 32.7 Å². The number of likely N-dealkylation sites (N-methyl/N-ethyl adjacent to an activating group) is 1. The zero-order valence-electron chi connectivity index (χ0n) is 14.0. The van der Waals surface area contributed by atoms with Gasteiger partial charge in [0.05, 0.1) is 0 Å². The molecule has 1 fully saturated rings. The highest BCUT2D eigenvalue weighted by Crippen LogP contribution is 2.17. The first kappa shape index (κ1) is 16.8. The van der Waals surface area contributed by atoms with Crippen LogP contribution in [0.2, 0.25) is 0 Å². The Morgan fingerprint density at radius 3 is 2.59 bits per heavy atom. The summed E-state index contributed by atoms with van der Waals surface area (Å²) in [6.07, 6.45) is 6.61. The minimum absolute atomic E-state index is 0.599. The molecule has 2 N–H and O–H groups in total. The van der Waals surface area contributed by atoms with Crippen molar-refractivity contribution in [3.63, 3.8) is 0 Å². The molecule has 0 aliphatic heterocycles. The quantitative estimate of drug-likeness (QED) is 0.627. The molecule has 4 nitrogen and oxygen atoms in total. The molecule has 0 spiro atoms. The van der Waals surface area contributed by atoms with E-state index in [1.807, 2.05) is 7.05 Å². The number of aliphatic imine (C=N–C) groups is 1. The Balaban J connectivity index is 1.65. The van der Waals surface area contributed by atoms with Crippen LogP contribution in [0.4, 0.5) is 0 Å². The molecule has 1 aromatic carbocycles. The molecule has 4 heteroatoms. The fraction of sp³-hybridized carbons (Fsp3) is 0.611. The average Bonchev–Trinajstić information content (AvgIpc) is 2.56. The Morgan fingerprint density at radius 1 is 1.18 bits per heavy atom. The Morgan fingerprint density at radius 2 is 1.91 bits per heavy atom. The number of nitrogens with one attached hydrogen (secondary N) is 2. The van der Waals surface area contributed by atoms with E-state index in [1.54, 1.807) is 0 Å². The molecule has 1 aromatic rings. The highest BCUT2D eigenvalue weighted by atomic mass is 15.2. The molecule has 1 aliphatic rings. The zero-order valence-corrected chi connectivity index (χ0v) is 14.0. The molecular formula is C18H30N4. The maximum absolute atomic E-state index is 4.34. The fourth-order valence-corrected chi connectivity index (χ4v) is 2.97. The Kier molecular flexibility index (Phi) is 7.23. The summed E-state index contributed by atoms with van der Waals surface area (Å²) in [5.74, 6) is 0.944. The molecule has 122 valence electrons. The number of rotatable bonds is 6. The molecule has 1 saturated carbocycles. The van der Waals surface area contributed by atoms with Crippen molar-refractivity contribution >= 4 is 5.96 Å². The summed E-state index contributed by atoms with van der Waals surface area (Å²) in [6, 6.07) is 11.2. The van der Waals surface area contributed by atoms with Crippen LogP contribution < -0.4 is 10.6 Å². The zero-order chi connectivity index (χ0) is 15.6. The molecule has 0 radical (unpaired) electrons. The molecule has 0 heterocycles. The van der Waals surface area contributed by atoms with Gasteiger partial charge in [-0.3, -0.25) is 4.99 Å².